The van der Waals surface area contributed by atoms with Crippen LogP contribution in [0.5, 0.6) is 0 Å². The lowest BCUT2D eigenvalue weighted by atomic mass is 10.1. The Morgan fingerprint density at radius 2 is 2.05 bits per heavy atom. The summed E-state index contributed by atoms with van der Waals surface area (Å²) in [6, 6.07) is 8.01. The zero-order valence-corrected chi connectivity index (χ0v) is 11.6. The van der Waals surface area contributed by atoms with Gasteiger partial charge < -0.3 is 15.5 Å². The number of carbonyl (C=O) groups is 1. The number of carbonyl (C=O) groups excluding carboxylic acids is 1. The number of rotatable bonds is 5. The first kappa shape index (κ1) is 14.0. The smallest absolute Gasteiger partial charge is 0.225 e. The van der Waals surface area contributed by atoms with Crippen LogP contribution < -0.4 is 10.6 Å². The molecule has 0 aliphatic carbocycles. The molecule has 1 aliphatic heterocycles. The fraction of sp³-hybridized carbons (Fsp3) is 0.533. The number of nitrogens with zero attached hydrogens (tertiary/aromatic N) is 1. The van der Waals surface area contributed by atoms with Gasteiger partial charge in [0.15, 0.2) is 0 Å². The van der Waals surface area contributed by atoms with Gasteiger partial charge >= 0.3 is 0 Å². The van der Waals surface area contributed by atoms with Gasteiger partial charge in [-0.2, -0.15) is 0 Å². The summed E-state index contributed by atoms with van der Waals surface area (Å²) in [5, 5.41) is 6.33. The van der Waals surface area contributed by atoms with E-state index in [0.717, 1.165) is 44.8 Å². The van der Waals surface area contributed by atoms with Crippen LogP contribution in [0.2, 0.25) is 0 Å². The Bertz CT molecular complexity index is 414. The molecule has 1 aromatic carbocycles. The molecule has 0 spiro atoms. The van der Waals surface area contributed by atoms with Crippen LogP contribution in [-0.2, 0) is 11.2 Å². The minimum Gasteiger partial charge on any atom is -0.326 e. The van der Waals surface area contributed by atoms with Gasteiger partial charge in [-0.05, 0) is 18.1 Å². The van der Waals surface area contributed by atoms with Crippen molar-refractivity contribution in [3.8, 4) is 0 Å². The van der Waals surface area contributed by atoms with E-state index in [0.29, 0.717) is 6.42 Å². The SMILES string of the molecule is CCc1ccccc1NC(=O)CCN1CCNCC1. The fourth-order valence-electron chi connectivity index (χ4n) is 2.36. The molecule has 1 aromatic rings. The molecule has 1 aliphatic rings. The molecule has 1 saturated heterocycles. The van der Waals surface area contributed by atoms with E-state index in [1.807, 2.05) is 18.2 Å². The van der Waals surface area contributed by atoms with Crippen LogP contribution >= 0.6 is 0 Å². The molecule has 0 bridgehead atoms. The molecule has 1 heterocycles. The first-order valence-corrected chi connectivity index (χ1v) is 7.10. The average Bonchev–Trinajstić information content (AvgIpc) is 2.47. The molecule has 0 aromatic heterocycles. The van der Waals surface area contributed by atoms with Crippen molar-refractivity contribution in [2.24, 2.45) is 0 Å². The highest BCUT2D eigenvalue weighted by molar-refractivity contribution is 5.91. The number of anilines is 1. The first-order valence-electron chi connectivity index (χ1n) is 7.10. The van der Waals surface area contributed by atoms with Crippen LogP contribution in [0.3, 0.4) is 0 Å². The van der Waals surface area contributed by atoms with Gasteiger partial charge in [0.2, 0.25) is 5.91 Å². The summed E-state index contributed by atoms with van der Waals surface area (Å²) >= 11 is 0. The minimum atomic E-state index is 0.111. The van der Waals surface area contributed by atoms with Crippen LogP contribution in [0.1, 0.15) is 18.9 Å². The Morgan fingerprint density at radius 1 is 1.32 bits per heavy atom. The molecule has 4 nitrogen and oxygen atoms in total. The van der Waals surface area contributed by atoms with Gasteiger partial charge in [0.05, 0.1) is 0 Å². The van der Waals surface area contributed by atoms with Crippen molar-refractivity contribution in [3.63, 3.8) is 0 Å². The normalized spacial score (nSPS) is 16.3. The van der Waals surface area contributed by atoms with Gasteiger partial charge in [-0.15, -0.1) is 0 Å². The summed E-state index contributed by atoms with van der Waals surface area (Å²) < 4.78 is 0. The standard InChI is InChI=1S/C15H23N3O/c1-2-13-5-3-4-6-14(13)17-15(19)7-10-18-11-8-16-9-12-18/h3-6,16H,2,7-12H2,1H3,(H,17,19). The Labute approximate surface area is 115 Å². The average molecular weight is 261 g/mol. The van der Waals surface area contributed by atoms with Crippen molar-refractivity contribution in [1.82, 2.24) is 10.2 Å². The molecule has 2 rings (SSSR count). The summed E-state index contributed by atoms with van der Waals surface area (Å²) in [6.45, 7) is 7.09. The second-order valence-electron chi connectivity index (χ2n) is 4.90. The van der Waals surface area contributed by atoms with Gasteiger partial charge in [-0.3, -0.25) is 4.79 Å². The first-order chi connectivity index (χ1) is 9.29. The van der Waals surface area contributed by atoms with E-state index < -0.39 is 0 Å². The predicted octanol–water partition coefficient (Wildman–Crippen LogP) is 1.48. The van der Waals surface area contributed by atoms with E-state index in [9.17, 15) is 4.79 Å². The van der Waals surface area contributed by atoms with E-state index in [4.69, 9.17) is 0 Å². The third kappa shape index (κ3) is 4.33. The lowest BCUT2D eigenvalue weighted by Crippen LogP contribution is -2.44. The molecular formula is C15H23N3O. The van der Waals surface area contributed by atoms with Gasteiger partial charge in [0.25, 0.3) is 0 Å². The second-order valence-corrected chi connectivity index (χ2v) is 4.90. The van der Waals surface area contributed by atoms with Crippen LogP contribution in [-0.4, -0.2) is 43.5 Å². The lowest BCUT2D eigenvalue weighted by molar-refractivity contribution is -0.116. The van der Waals surface area contributed by atoms with Crippen molar-refractivity contribution in [1.29, 1.82) is 0 Å². The van der Waals surface area contributed by atoms with E-state index in [1.54, 1.807) is 0 Å². The quantitative estimate of drug-likeness (QED) is 0.844. The Morgan fingerprint density at radius 3 is 2.79 bits per heavy atom. The van der Waals surface area contributed by atoms with Crippen LogP contribution in [0.15, 0.2) is 24.3 Å². The number of aryl methyl sites for hydroxylation is 1. The molecule has 19 heavy (non-hydrogen) atoms. The number of para-hydroxylation sites is 1. The maximum atomic E-state index is 12.0. The Balaban J connectivity index is 1.80. The maximum absolute atomic E-state index is 12.0. The molecule has 1 fully saturated rings. The van der Waals surface area contributed by atoms with E-state index in [2.05, 4.69) is 28.5 Å². The molecule has 4 heteroatoms. The topological polar surface area (TPSA) is 44.4 Å². The Kier molecular flexibility index (Phi) is 5.36. The van der Waals surface area contributed by atoms with Crippen molar-refractivity contribution < 1.29 is 4.79 Å². The highest BCUT2D eigenvalue weighted by Crippen LogP contribution is 2.15. The molecule has 0 saturated carbocycles. The molecule has 0 radical (unpaired) electrons. The molecule has 1 amide bonds. The zero-order valence-electron chi connectivity index (χ0n) is 11.6. The van der Waals surface area contributed by atoms with Crippen LogP contribution in [0, 0.1) is 0 Å². The summed E-state index contributed by atoms with van der Waals surface area (Å²) in [6.07, 6.45) is 1.51. The van der Waals surface area contributed by atoms with E-state index >= 15 is 0 Å². The van der Waals surface area contributed by atoms with Crippen LogP contribution in [0.25, 0.3) is 0 Å². The summed E-state index contributed by atoms with van der Waals surface area (Å²) in [7, 11) is 0. The summed E-state index contributed by atoms with van der Waals surface area (Å²) in [5.74, 6) is 0.111. The zero-order chi connectivity index (χ0) is 13.5. The lowest BCUT2D eigenvalue weighted by Gasteiger charge is -2.26. The predicted molar refractivity (Wildman–Crippen MR) is 78.4 cm³/mol. The highest BCUT2D eigenvalue weighted by Gasteiger charge is 2.11. The number of hydrogen-bond acceptors (Lipinski definition) is 3. The third-order valence-corrected chi connectivity index (χ3v) is 3.54. The molecule has 0 atom stereocenters. The van der Waals surface area contributed by atoms with Crippen molar-refractivity contribution in [3.05, 3.63) is 29.8 Å². The molecule has 104 valence electrons. The second kappa shape index (κ2) is 7.26. The van der Waals surface area contributed by atoms with Crippen LogP contribution in [0.4, 0.5) is 5.69 Å². The number of amides is 1. The minimum absolute atomic E-state index is 0.111. The fourth-order valence-corrected chi connectivity index (χ4v) is 2.36. The van der Waals surface area contributed by atoms with Gasteiger partial charge in [-0.25, -0.2) is 0 Å². The van der Waals surface area contributed by atoms with E-state index in [-0.39, 0.29) is 5.91 Å². The van der Waals surface area contributed by atoms with Crippen molar-refractivity contribution in [2.75, 3.05) is 38.0 Å². The largest absolute Gasteiger partial charge is 0.326 e. The highest BCUT2D eigenvalue weighted by atomic mass is 16.1. The van der Waals surface area contributed by atoms with Gasteiger partial charge in [0, 0.05) is 44.8 Å². The molecule has 0 unspecified atom stereocenters. The molecular weight excluding hydrogens is 238 g/mol. The van der Waals surface area contributed by atoms with E-state index in [1.165, 1.54) is 5.56 Å². The van der Waals surface area contributed by atoms with Crippen molar-refractivity contribution >= 4 is 11.6 Å². The van der Waals surface area contributed by atoms with Crippen molar-refractivity contribution in [2.45, 2.75) is 19.8 Å². The monoisotopic (exact) mass is 261 g/mol. The number of benzene rings is 1. The summed E-state index contributed by atoms with van der Waals surface area (Å²) in [5.41, 5.74) is 2.15. The number of piperazine rings is 1. The Hall–Kier alpha value is -1.39. The molecule has 2 N–H and O–H groups in total. The summed E-state index contributed by atoms with van der Waals surface area (Å²) in [4.78, 5) is 14.3. The number of hydrogen-bond donors (Lipinski definition) is 2. The maximum Gasteiger partial charge on any atom is 0.225 e. The van der Waals surface area contributed by atoms with Gasteiger partial charge in [0.1, 0.15) is 0 Å². The van der Waals surface area contributed by atoms with Gasteiger partial charge in [-0.1, -0.05) is 25.1 Å². The third-order valence-electron chi connectivity index (χ3n) is 3.54. The number of nitrogens with one attached hydrogen (secondary N) is 2.